The van der Waals surface area contributed by atoms with E-state index in [4.69, 9.17) is 0 Å². The third kappa shape index (κ3) is 4.76. The lowest BCUT2D eigenvalue weighted by molar-refractivity contribution is -0.953. The summed E-state index contributed by atoms with van der Waals surface area (Å²) in [5.74, 6) is 0. The molecule has 7 heteroatoms. The highest BCUT2D eigenvalue weighted by molar-refractivity contribution is 6.50. The molecule has 0 atom stereocenters. The summed E-state index contributed by atoms with van der Waals surface area (Å²) in [6.07, 6.45) is 0. The van der Waals surface area contributed by atoms with Gasteiger partial charge in [0.05, 0.1) is 19.6 Å². The van der Waals surface area contributed by atoms with Crippen LogP contribution in [-0.4, -0.2) is 55.9 Å². The standard InChI is InChI=1S/C18H29N2.BF4/c1-13-14(2)16(4)18(17(5)15(13)3)12-20-9-6-19(7-10-20)8-11-20;2-1(3,4)5/h6-12H2,1-5H3;/q+1;-1. The molecule has 25 heavy (non-hydrogen) atoms. The molecule has 1 aromatic carbocycles. The van der Waals surface area contributed by atoms with Gasteiger partial charge in [-0.2, -0.15) is 0 Å². The zero-order chi connectivity index (χ0) is 19.0. The summed E-state index contributed by atoms with van der Waals surface area (Å²) in [5, 5.41) is 0. The van der Waals surface area contributed by atoms with Crippen LogP contribution in [0.25, 0.3) is 0 Å². The van der Waals surface area contributed by atoms with E-state index in [1.807, 2.05) is 0 Å². The van der Waals surface area contributed by atoms with Gasteiger partial charge in [-0.25, -0.2) is 0 Å². The summed E-state index contributed by atoms with van der Waals surface area (Å²) in [6, 6.07) is 0. The van der Waals surface area contributed by atoms with Crippen molar-refractivity contribution in [1.82, 2.24) is 4.90 Å². The zero-order valence-electron chi connectivity index (χ0n) is 15.9. The van der Waals surface area contributed by atoms with E-state index in [1.165, 1.54) is 67.0 Å². The number of rotatable bonds is 2. The minimum Gasteiger partial charge on any atom is -0.418 e. The molecule has 3 aliphatic rings. The minimum absolute atomic E-state index is 1.26. The Kier molecular flexibility index (Phi) is 5.89. The lowest BCUT2D eigenvalue weighted by Gasteiger charge is -2.51. The molecule has 1 aromatic rings. The van der Waals surface area contributed by atoms with Crippen LogP contribution in [0.3, 0.4) is 0 Å². The maximum absolute atomic E-state index is 9.75. The Morgan fingerprint density at radius 1 is 0.720 bits per heavy atom. The van der Waals surface area contributed by atoms with Crippen LogP contribution in [0, 0.1) is 34.6 Å². The Bertz CT molecular complexity index is 586. The van der Waals surface area contributed by atoms with Crippen molar-refractivity contribution in [3.63, 3.8) is 0 Å². The molecular weight excluding hydrogens is 331 g/mol. The van der Waals surface area contributed by atoms with Crippen LogP contribution >= 0.6 is 0 Å². The highest BCUT2D eigenvalue weighted by Crippen LogP contribution is 2.31. The van der Waals surface area contributed by atoms with Gasteiger partial charge in [-0.3, -0.25) is 4.90 Å². The van der Waals surface area contributed by atoms with E-state index in [1.54, 1.807) is 16.7 Å². The monoisotopic (exact) mass is 360 g/mol. The van der Waals surface area contributed by atoms with Crippen molar-refractivity contribution in [2.45, 2.75) is 41.2 Å². The number of fused-ring (bicyclic) bond motifs is 3. The molecule has 0 saturated carbocycles. The lowest BCUT2D eigenvalue weighted by Crippen LogP contribution is -2.66. The number of quaternary nitrogens is 1. The fourth-order valence-corrected chi connectivity index (χ4v) is 4.12. The molecule has 142 valence electrons. The number of hydrogen-bond acceptors (Lipinski definition) is 1. The summed E-state index contributed by atoms with van der Waals surface area (Å²) in [4.78, 5) is 2.63. The highest BCUT2D eigenvalue weighted by atomic mass is 19.5. The first-order valence-electron chi connectivity index (χ1n) is 8.94. The Balaban J connectivity index is 0.000000399. The minimum atomic E-state index is -6.00. The largest absolute Gasteiger partial charge is 0.673 e. The quantitative estimate of drug-likeness (QED) is 0.435. The molecular formula is C18H29BF4N2. The molecule has 3 aliphatic heterocycles. The van der Waals surface area contributed by atoms with Crippen LogP contribution in [0.2, 0.25) is 0 Å². The smallest absolute Gasteiger partial charge is 0.418 e. The number of hydrogen-bond donors (Lipinski definition) is 0. The van der Waals surface area contributed by atoms with Crippen molar-refractivity contribution in [3.8, 4) is 0 Å². The fourth-order valence-electron chi connectivity index (χ4n) is 4.12. The zero-order valence-corrected chi connectivity index (χ0v) is 15.9. The second-order valence-electron chi connectivity index (χ2n) is 7.61. The van der Waals surface area contributed by atoms with E-state index < -0.39 is 7.25 Å². The van der Waals surface area contributed by atoms with Gasteiger partial charge < -0.3 is 21.7 Å². The molecule has 0 aliphatic carbocycles. The summed E-state index contributed by atoms with van der Waals surface area (Å²) in [6.45, 7) is 20.8. The van der Waals surface area contributed by atoms with E-state index in [0.717, 1.165) is 0 Å². The van der Waals surface area contributed by atoms with Crippen LogP contribution in [0.15, 0.2) is 0 Å². The van der Waals surface area contributed by atoms with Crippen molar-refractivity contribution in [1.29, 1.82) is 0 Å². The van der Waals surface area contributed by atoms with Crippen molar-refractivity contribution in [2.75, 3.05) is 39.3 Å². The van der Waals surface area contributed by atoms with E-state index >= 15 is 0 Å². The van der Waals surface area contributed by atoms with Gasteiger partial charge in [0.2, 0.25) is 0 Å². The molecule has 0 amide bonds. The predicted molar refractivity (Wildman–Crippen MR) is 95.3 cm³/mol. The maximum Gasteiger partial charge on any atom is 0.673 e. The predicted octanol–water partition coefficient (Wildman–Crippen LogP) is 4.17. The molecule has 3 fully saturated rings. The van der Waals surface area contributed by atoms with Crippen LogP contribution in [0.4, 0.5) is 17.3 Å². The Morgan fingerprint density at radius 2 is 1.04 bits per heavy atom. The van der Waals surface area contributed by atoms with Crippen LogP contribution in [-0.2, 0) is 6.54 Å². The van der Waals surface area contributed by atoms with Gasteiger partial charge in [0, 0.05) is 25.2 Å². The number of benzene rings is 1. The summed E-state index contributed by atoms with van der Waals surface area (Å²) < 4.78 is 40.3. The normalized spacial score (nSPS) is 25.6. The average Bonchev–Trinajstić information content (AvgIpc) is 2.55. The molecule has 0 aromatic heterocycles. The first-order valence-corrected chi connectivity index (χ1v) is 8.94. The van der Waals surface area contributed by atoms with Crippen molar-refractivity contribution in [3.05, 3.63) is 33.4 Å². The molecule has 3 saturated heterocycles. The second-order valence-corrected chi connectivity index (χ2v) is 7.61. The third-order valence-electron chi connectivity index (χ3n) is 6.32. The van der Waals surface area contributed by atoms with Gasteiger partial charge in [0.25, 0.3) is 0 Å². The Hall–Kier alpha value is -1.08. The average molecular weight is 360 g/mol. The van der Waals surface area contributed by atoms with Gasteiger partial charge in [-0.1, -0.05) is 0 Å². The van der Waals surface area contributed by atoms with E-state index in [2.05, 4.69) is 39.5 Å². The molecule has 2 nitrogen and oxygen atoms in total. The van der Waals surface area contributed by atoms with Gasteiger partial charge in [0.15, 0.2) is 0 Å². The molecule has 0 unspecified atom stereocenters. The van der Waals surface area contributed by atoms with Crippen molar-refractivity contribution >= 4 is 7.25 Å². The first-order chi connectivity index (χ1) is 11.4. The first kappa shape index (κ1) is 20.2. The van der Waals surface area contributed by atoms with Gasteiger partial charge in [0.1, 0.15) is 6.54 Å². The summed E-state index contributed by atoms with van der Waals surface area (Å²) in [5.41, 5.74) is 9.25. The van der Waals surface area contributed by atoms with E-state index in [-0.39, 0.29) is 0 Å². The van der Waals surface area contributed by atoms with Gasteiger partial charge >= 0.3 is 7.25 Å². The van der Waals surface area contributed by atoms with Crippen LogP contribution in [0.1, 0.15) is 33.4 Å². The lowest BCUT2D eigenvalue weighted by atomic mass is 9.88. The maximum atomic E-state index is 9.75. The van der Waals surface area contributed by atoms with Crippen LogP contribution in [0.5, 0.6) is 0 Å². The van der Waals surface area contributed by atoms with Crippen molar-refractivity contribution < 1.29 is 21.7 Å². The molecule has 0 radical (unpaired) electrons. The fraction of sp³-hybridized carbons (Fsp3) is 0.667. The topological polar surface area (TPSA) is 3.24 Å². The third-order valence-corrected chi connectivity index (χ3v) is 6.32. The number of halogens is 4. The SMILES string of the molecule is Cc1c(C)c(C)c(C[N+]23CCN(CC2)CC3)c(C)c1C.F[B-](F)(F)F. The van der Waals surface area contributed by atoms with Crippen molar-refractivity contribution in [2.24, 2.45) is 0 Å². The molecule has 2 bridgehead atoms. The molecule has 0 N–H and O–H groups in total. The van der Waals surface area contributed by atoms with E-state index in [0.29, 0.717) is 0 Å². The summed E-state index contributed by atoms with van der Waals surface area (Å²) >= 11 is 0. The number of piperazine rings is 3. The van der Waals surface area contributed by atoms with Gasteiger partial charge in [-0.15, -0.1) is 0 Å². The van der Waals surface area contributed by atoms with Gasteiger partial charge in [-0.05, 0) is 62.4 Å². The Labute approximate surface area is 148 Å². The summed E-state index contributed by atoms with van der Waals surface area (Å²) in [7, 11) is -6.00. The Morgan fingerprint density at radius 3 is 1.40 bits per heavy atom. The highest BCUT2D eigenvalue weighted by Gasteiger charge is 2.39. The number of nitrogens with zero attached hydrogens (tertiary/aromatic N) is 2. The van der Waals surface area contributed by atoms with Crippen LogP contribution < -0.4 is 0 Å². The molecule has 4 rings (SSSR count). The molecule has 3 heterocycles. The second kappa shape index (κ2) is 7.27. The molecule has 0 spiro atoms. The van der Waals surface area contributed by atoms with E-state index in [9.17, 15) is 17.3 Å².